The number of nitrogens with zero attached hydrogens (tertiary/aromatic N) is 1. The zero-order valence-corrected chi connectivity index (χ0v) is 9.53. The normalized spacial score (nSPS) is 23.6. The Labute approximate surface area is 100.0 Å². The average Bonchev–Trinajstić information content (AvgIpc) is 2.74. The minimum Gasteiger partial charge on any atom is -0.372 e. The van der Waals surface area contributed by atoms with E-state index in [0.29, 0.717) is 6.61 Å². The highest BCUT2D eigenvalue weighted by atomic mass is 19.1. The van der Waals surface area contributed by atoms with E-state index < -0.39 is 5.82 Å². The second-order valence-electron chi connectivity index (χ2n) is 4.37. The largest absolute Gasteiger partial charge is 0.372 e. The Bertz CT molecular complexity index is 442. The van der Waals surface area contributed by atoms with Gasteiger partial charge in [0.05, 0.1) is 18.3 Å². The second kappa shape index (κ2) is 5.26. The van der Waals surface area contributed by atoms with Crippen LogP contribution in [0.4, 0.5) is 4.39 Å². The van der Waals surface area contributed by atoms with Gasteiger partial charge in [0.1, 0.15) is 11.9 Å². The maximum Gasteiger partial charge on any atom is 0.140 e. The van der Waals surface area contributed by atoms with Crippen molar-refractivity contribution in [1.82, 2.24) is 0 Å². The summed E-state index contributed by atoms with van der Waals surface area (Å²) in [5, 5.41) is 8.71. The van der Waals surface area contributed by atoms with Crippen molar-refractivity contribution in [3.63, 3.8) is 0 Å². The van der Waals surface area contributed by atoms with Crippen LogP contribution in [0.2, 0.25) is 0 Å². The third-order valence-electron chi connectivity index (χ3n) is 3.12. The molecule has 4 heteroatoms. The molecule has 1 aromatic rings. The molecule has 0 radical (unpaired) electrons. The molecule has 3 nitrogen and oxygen atoms in total. The van der Waals surface area contributed by atoms with E-state index in [0.717, 1.165) is 24.8 Å². The number of hydrogen-bond donors (Lipinski definition) is 1. The molecule has 0 saturated heterocycles. The van der Waals surface area contributed by atoms with Gasteiger partial charge in [-0.2, -0.15) is 5.26 Å². The summed E-state index contributed by atoms with van der Waals surface area (Å²) < 4.78 is 18.8. The Hall–Kier alpha value is -1.44. The topological polar surface area (TPSA) is 59.0 Å². The second-order valence-corrected chi connectivity index (χ2v) is 4.37. The van der Waals surface area contributed by atoms with E-state index in [1.165, 1.54) is 12.1 Å². The van der Waals surface area contributed by atoms with Crippen LogP contribution in [0.5, 0.6) is 0 Å². The molecule has 2 rings (SSSR count). The molecule has 0 amide bonds. The molecular weight excluding hydrogens is 219 g/mol. The van der Waals surface area contributed by atoms with Crippen LogP contribution in [-0.2, 0) is 11.3 Å². The summed E-state index contributed by atoms with van der Waals surface area (Å²) in [7, 11) is 0. The number of hydrogen-bond acceptors (Lipinski definition) is 3. The van der Waals surface area contributed by atoms with Gasteiger partial charge in [-0.05, 0) is 37.0 Å². The summed E-state index contributed by atoms with van der Waals surface area (Å²) in [5.41, 5.74) is 6.75. The van der Waals surface area contributed by atoms with Gasteiger partial charge in [0.2, 0.25) is 0 Å². The van der Waals surface area contributed by atoms with E-state index in [9.17, 15) is 4.39 Å². The number of benzene rings is 1. The van der Waals surface area contributed by atoms with Gasteiger partial charge in [-0.1, -0.05) is 6.07 Å². The molecule has 2 atom stereocenters. The molecule has 0 aromatic heterocycles. The van der Waals surface area contributed by atoms with Crippen LogP contribution in [0.25, 0.3) is 0 Å². The quantitative estimate of drug-likeness (QED) is 0.871. The first-order valence-corrected chi connectivity index (χ1v) is 5.76. The summed E-state index contributed by atoms with van der Waals surface area (Å²) in [5.74, 6) is -0.492. The van der Waals surface area contributed by atoms with E-state index in [1.54, 1.807) is 6.07 Å². The number of nitriles is 1. The first kappa shape index (κ1) is 12.0. The monoisotopic (exact) mass is 234 g/mol. The van der Waals surface area contributed by atoms with Crippen LogP contribution >= 0.6 is 0 Å². The summed E-state index contributed by atoms with van der Waals surface area (Å²) in [6.07, 6.45) is 3.16. The average molecular weight is 234 g/mol. The van der Waals surface area contributed by atoms with Crippen molar-refractivity contribution in [1.29, 1.82) is 5.26 Å². The van der Waals surface area contributed by atoms with Crippen LogP contribution < -0.4 is 5.73 Å². The maximum absolute atomic E-state index is 13.1. The van der Waals surface area contributed by atoms with Gasteiger partial charge >= 0.3 is 0 Å². The summed E-state index contributed by atoms with van der Waals surface area (Å²) in [6, 6.07) is 6.38. The Morgan fingerprint density at radius 3 is 2.94 bits per heavy atom. The molecule has 1 aliphatic carbocycles. The van der Waals surface area contributed by atoms with Gasteiger partial charge < -0.3 is 10.5 Å². The first-order chi connectivity index (χ1) is 8.20. The van der Waals surface area contributed by atoms with Gasteiger partial charge in [-0.3, -0.25) is 0 Å². The minimum atomic E-state index is -0.492. The van der Waals surface area contributed by atoms with Gasteiger partial charge in [0.15, 0.2) is 0 Å². The fraction of sp³-hybridized carbons (Fsp3) is 0.462. The Morgan fingerprint density at radius 1 is 1.47 bits per heavy atom. The molecule has 0 bridgehead atoms. The van der Waals surface area contributed by atoms with Crippen molar-refractivity contribution >= 4 is 0 Å². The van der Waals surface area contributed by atoms with Gasteiger partial charge in [0.25, 0.3) is 0 Å². The highest BCUT2D eigenvalue weighted by molar-refractivity contribution is 5.34. The van der Waals surface area contributed by atoms with Crippen molar-refractivity contribution in [2.24, 2.45) is 5.73 Å². The van der Waals surface area contributed by atoms with Gasteiger partial charge in [0, 0.05) is 6.04 Å². The molecule has 2 unspecified atom stereocenters. The zero-order valence-electron chi connectivity index (χ0n) is 9.53. The van der Waals surface area contributed by atoms with Crippen LogP contribution in [0.1, 0.15) is 30.4 Å². The highest BCUT2D eigenvalue weighted by Gasteiger charge is 2.24. The van der Waals surface area contributed by atoms with Gasteiger partial charge in [-0.15, -0.1) is 0 Å². The lowest BCUT2D eigenvalue weighted by Crippen LogP contribution is -2.31. The minimum absolute atomic E-state index is 0.0572. The molecule has 17 heavy (non-hydrogen) atoms. The summed E-state index contributed by atoms with van der Waals surface area (Å²) >= 11 is 0. The smallest absolute Gasteiger partial charge is 0.140 e. The molecule has 90 valence electrons. The molecule has 0 heterocycles. The molecule has 2 N–H and O–H groups in total. The zero-order chi connectivity index (χ0) is 12.3. The van der Waals surface area contributed by atoms with Crippen molar-refractivity contribution in [2.45, 2.75) is 38.0 Å². The third-order valence-corrected chi connectivity index (χ3v) is 3.12. The fourth-order valence-electron chi connectivity index (χ4n) is 2.11. The van der Waals surface area contributed by atoms with Crippen molar-refractivity contribution in [3.8, 4) is 6.07 Å². The van der Waals surface area contributed by atoms with E-state index in [1.807, 2.05) is 6.07 Å². The number of ether oxygens (including phenoxy) is 1. The molecule has 1 fully saturated rings. The van der Waals surface area contributed by atoms with Crippen LogP contribution in [-0.4, -0.2) is 12.1 Å². The fourth-order valence-corrected chi connectivity index (χ4v) is 2.11. The lowest BCUT2D eigenvalue weighted by molar-refractivity contribution is 0.0357. The predicted octanol–water partition coefficient (Wildman–Crippen LogP) is 2.09. The molecule has 0 spiro atoms. The highest BCUT2D eigenvalue weighted by Crippen LogP contribution is 2.21. The standard InChI is InChI=1S/C13H15FN2O/c14-11-5-4-9(6-10(11)7-15)8-17-13-3-1-2-12(13)16/h4-6,12-13H,1-3,8,16H2. The SMILES string of the molecule is N#Cc1cc(COC2CCCC2N)ccc1F. The molecule has 1 aromatic carbocycles. The van der Waals surface area contributed by atoms with E-state index in [-0.39, 0.29) is 17.7 Å². The van der Waals surface area contributed by atoms with Crippen molar-refractivity contribution in [3.05, 3.63) is 35.1 Å². The third kappa shape index (κ3) is 2.82. The lowest BCUT2D eigenvalue weighted by atomic mass is 10.1. The van der Waals surface area contributed by atoms with E-state index in [4.69, 9.17) is 15.7 Å². The van der Waals surface area contributed by atoms with Gasteiger partial charge in [-0.25, -0.2) is 4.39 Å². The van der Waals surface area contributed by atoms with Crippen LogP contribution in [0.15, 0.2) is 18.2 Å². The van der Waals surface area contributed by atoms with Crippen molar-refractivity contribution in [2.75, 3.05) is 0 Å². The summed E-state index contributed by atoms with van der Waals surface area (Å²) in [4.78, 5) is 0. The maximum atomic E-state index is 13.1. The molecule has 0 aliphatic heterocycles. The molecular formula is C13H15FN2O. The van der Waals surface area contributed by atoms with E-state index in [2.05, 4.69) is 0 Å². The number of nitrogens with two attached hydrogens (primary N) is 1. The van der Waals surface area contributed by atoms with Crippen LogP contribution in [0.3, 0.4) is 0 Å². The van der Waals surface area contributed by atoms with Crippen molar-refractivity contribution < 1.29 is 9.13 Å². The number of rotatable bonds is 3. The van der Waals surface area contributed by atoms with E-state index >= 15 is 0 Å². The first-order valence-electron chi connectivity index (χ1n) is 5.76. The molecule has 1 aliphatic rings. The Morgan fingerprint density at radius 2 is 2.29 bits per heavy atom. The lowest BCUT2D eigenvalue weighted by Gasteiger charge is -2.16. The Kier molecular flexibility index (Phi) is 3.72. The van der Waals surface area contributed by atoms with Crippen LogP contribution in [0, 0.1) is 17.1 Å². The number of halogens is 1. The Balaban J connectivity index is 1.97. The molecule has 1 saturated carbocycles. The predicted molar refractivity (Wildman–Crippen MR) is 61.5 cm³/mol. The summed E-state index contributed by atoms with van der Waals surface area (Å²) in [6.45, 7) is 0.382.